The van der Waals surface area contributed by atoms with E-state index in [1.165, 1.54) is 38.5 Å². The van der Waals surface area contributed by atoms with E-state index in [9.17, 15) is 4.79 Å². The van der Waals surface area contributed by atoms with Crippen molar-refractivity contribution in [3.8, 4) is 0 Å². The van der Waals surface area contributed by atoms with Crippen molar-refractivity contribution in [1.29, 1.82) is 0 Å². The summed E-state index contributed by atoms with van der Waals surface area (Å²) in [4.78, 5) is 15.3. The first-order valence-corrected chi connectivity index (χ1v) is 7.49. The lowest BCUT2D eigenvalue weighted by Crippen LogP contribution is -2.32. The number of carbonyl (C=O) groups is 1. The van der Waals surface area contributed by atoms with Gasteiger partial charge in [-0.1, -0.05) is 25.7 Å². The molecule has 1 amide bonds. The molecule has 0 bridgehead atoms. The molecule has 0 unspecified atom stereocenters. The molecular formula is C15H24N4O. The average Bonchev–Trinajstić information content (AvgIpc) is 2.72. The van der Waals surface area contributed by atoms with Crippen LogP contribution in [-0.4, -0.2) is 30.0 Å². The molecule has 5 heteroatoms. The Morgan fingerprint density at radius 3 is 2.70 bits per heavy atom. The minimum atomic E-state index is -0.424. The van der Waals surface area contributed by atoms with Crippen molar-refractivity contribution < 1.29 is 4.79 Å². The zero-order valence-corrected chi connectivity index (χ0v) is 11.9. The Hall–Kier alpha value is -1.62. The van der Waals surface area contributed by atoms with Gasteiger partial charge in [0.1, 0.15) is 5.82 Å². The van der Waals surface area contributed by atoms with Gasteiger partial charge in [-0.15, -0.1) is 0 Å². The van der Waals surface area contributed by atoms with Crippen molar-refractivity contribution in [2.45, 2.75) is 44.6 Å². The topological polar surface area (TPSA) is 80.0 Å². The van der Waals surface area contributed by atoms with Crippen LogP contribution >= 0.6 is 0 Å². The second kappa shape index (κ2) is 7.85. The third kappa shape index (κ3) is 4.81. The summed E-state index contributed by atoms with van der Waals surface area (Å²) in [6.07, 6.45) is 9.60. The highest BCUT2D eigenvalue weighted by atomic mass is 16.1. The van der Waals surface area contributed by atoms with Crippen molar-refractivity contribution >= 4 is 11.7 Å². The van der Waals surface area contributed by atoms with Gasteiger partial charge in [-0.25, -0.2) is 4.98 Å². The molecule has 1 fully saturated rings. The van der Waals surface area contributed by atoms with Crippen molar-refractivity contribution in [2.24, 2.45) is 5.73 Å². The number of anilines is 1. The van der Waals surface area contributed by atoms with E-state index in [0.717, 1.165) is 13.1 Å². The highest BCUT2D eigenvalue weighted by molar-refractivity contribution is 5.93. The van der Waals surface area contributed by atoms with Gasteiger partial charge in [0.15, 0.2) is 0 Å². The summed E-state index contributed by atoms with van der Waals surface area (Å²) in [5.41, 5.74) is 5.73. The smallest absolute Gasteiger partial charge is 0.248 e. The quantitative estimate of drug-likeness (QED) is 0.547. The molecule has 0 spiro atoms. The fraction of sp³-hybridized carbons (Fsp3) is 0.600. The maximum absolute atomic E-state index is 11.1. The first kappa shape index (κ1) is 14.8. The van der Waals surface area contributed by atoms with Crippen LogP contribution in [0.2, 0.25) is 0 Å². The van der Waals surface area contributed by atoms with Crippen LogP contribution in [0.3, 0.4) is 0 Å². The largest absolute Gasteiger partial charge is 0.369 e. The van der Waals surface area contributed by atoms with Crippen LogP contribution in [-0.2, 0) is 0 Å². The Labute approximate surface area is 120 Å². The van der Waals surface area contributed by atoms with Gasteiger partial charge in [0.25, 0.3) is 0 Å². The van der Waals surface area contributed by atoms with Gasteiger partial charge in [-0.2, -0.15) is 0 Å². The third-order valence-corrected chi connectivity index (χ3v) is 3.76. The zero-order chi connectivity index (χ0) is 14.2. The van der Waals surface area contributed by atoms with Gasteiger partial charge in [-0.3, -0.25) is 4.79 Å². The summed E-state index contributed by atoms with van der Waals surface area (Å²) in [5.74, 6) is 0.274. The predicted molar refractivity (Wildman–Crippen MR) is 80.7 cm³/mol. The minimum Gasteiger partial charge on any atom is -0.369 e. The maximum Gasteiger partial charge on any atom is 0.248 e. The van der Waals surface area contributed by atoms with E-state index in [4.69, 9.17) is 5.73 Å². The van der Waals surface area contributed by atoms with Crippen LogP contribution in [0.5, 0.6) is 0 Å². The van der Waals surface area contributed by atoms with E-state index >= 15 is 0 Å². The molecule has 5 nitrogen and oxygen atoms in total. The standard InChI is InChI=1S/C15H24N4O/c16-15(20)12-7-8-18-14(11-12)19-10-9-17-13-5-3-1-2-4-6-13/h7-8,11,13,17H,1-6,9-10H2,(H2,16,20)(H,18,19). The molecule has 110 valence electrons. The Kier molecular flexibility index (Phi) is 5.80. The highest BCUT2D eigenvalue weighted by Crippen LogP contribution is 2.16. The summed E-state index contributed by atoms with van der Waals surface area (Å²) < 4.78 is 0. The van der Waals surface area contributed by atoms with Crippen molar-refractivity contribution in [3.63, 3.8) is 0 Å². The fourth-order valence-corrected chi connectivity index (χ4v) is 2.63. The number of nitrogens with one attached hydrogen (secondary N) is 2. The molecule has 1 aliphatic rings. The normalized spacial score (nSPS) is 16.6. The second-order valence-corrected chi connectivity index (χ2v) is 5.36. The molecule has 1 heterocycles. The average molecular weight is 276 g/mol. The number of hydrogen-bond donors (Lipinski definition) is 3. The SMILES string of the molecule is NC(=O)c1ccnc(NCCNC2CCCCCC2)c1. The summed E-state index contributed by atoms with van der Waals surface area (Å²) in [6, 6.07) is 3.97. The van der Waals surface area contributed by atoms with Crippen LogP contribution in [0.4, 0.5) is 5.82 Å². The fourth-order valence-electron chi connectivity index (χ4n) is 2.63. The second-order valence-electron chi connectivity index (χ2n) is 5.36. The molecule has 0 radical (unpaired) electrons. The van der Waals surface area contributed by atoms with Crippen molar-refractivity contribution in [3.05, 3.63) is 23.9 Å². The molecule has 1 aromatic heterocycles. The molecule has 4 N–H and O–H groups in total. The number of primary amides is 1. The lowest BCUT2D eigenvalue weighted by atomic mass is 10.1. The van der Waals surface area contributed by atoms with E-state index in [1.807, 2.05) is 0 Å². The van der Waals surface area contributed by atoms with Gasteiger partial charge >= 0.3 is 0 Å². The monoisotopic (exact) mass is 276 g/mol. The molecule has 1 saturated carbocycles. The van der Waals surface area contributed by atoms with Crippen LogP contribution in [0.25, 0.3) is 0 Å². The zero-order valence-electron chi connectivity index (χ0n) is 11.9. The van der Waals surface area contributed by atoms with Crippen LogP contribution in [0.1, 0.15) is 48.9 Å². The number of amides is 1. The first-order valence-electron chi connectivity index (χ1n) is 7.49. The molecule has 1 aromatic rings. The van der Waals surface area contributed by atoms with Crippen LogP contribution in [0.15, 0.2) is 18.3 Å². The number of aromatic nitrogens is 1. The molecular weight excluding hydrogens is 252 g/mol. The van der Waals surface area contributed by atoms with Gasteiger partial charge in [0, 0.05) is 30.9 Å². The molecule has 0 saturated heterocycles. The van der Waals surface area contributed by atoms with E-state index in [2.05, 4.69) is 15.6 Å². The lowest BCUT2D eigenvalue weighted by Gasteiger charge is -2.16. The first-order chi connectivity index (χ1) is 9.75. The highest BCUT2D eigenvalue weighted by Gasteiger charge is 2.10. The van der Waals surface area contributed by atoms with E-state index in [0.29, 0.717) is 17.4 Å². The molecule has 2 rings (SSSR count). The number of pyridine rings is 1. The molecule has 1 aliphatic carbocycles. The molecule has 20 heavy (non-hydrogen) atoms. The lowest BCUT2D eigenvalue weighted by molar-refractivity contribution is 0.1000. The van der Waals surface area contributed by atoms with Crippen LogP contribution < -0.4 is 16.4 Å². The van der Waals surface area contributed by atoms with E-state index < -0.39 is 5.91 Å². The summed E-state index contributed by atoms with van der Waals surface area (Å²) in [5, 5.41) is 6.80. The van der Waals surface area contributed by atoms with Gasteiger partial charge in [0.2, 0.25) is 5.91 Å². The Morgan fingerprint density at radius 2 is 2.00 bits per heavy atom. The van der Waals surface area contributed by atoms with Gasteiger partial charge < -0.3 is 16.4 Å². The Balaban J connectivity index is 1.70. The number of nitrogens with zero attached hydrogens (tertiary/aromatic N) is 1. The number of rotatable bonds is 6. The van der Waals surface area contributed by atoms with Crippen LogP contribution in [0, 0.1) is 0 Å². The van der Waals surface area contributed by atoms with E-state index in [1.54, 1.807) is 18.3 Å². The summed E-state index contributed by atoms with van der Waals surface area (Å²) in [6.45, 7) is 1.71. The van der Waals surface area contributed by atoms with Crippen molar-refractivity contribution in [2.75, 3.05) is 18.4 Å². The summed E-state index contributed by atoms with van der Waals surface area (Å²) in [7, 11) is 0. The number of nitrogens with two attached hydrogens (primary N) is 1. The van der Waals surface area contributed by atoms with Crippen molar-refractivity contribution in [1.82, 2.24) is 10.3 Å². The van der Waals surface area contributed by atoms with Gasteiger partial charge in [-0.05, 0) is 25.0 Å². The van der Waals surface area contributed by atoms with Gasteiger partial charge in [0.05, 0.1) is 0 Å². The Morgan fingerprint density at radius 1 is 1.25 bits per heavy atom. The van der Waals surface area contributed by atoms with E-state index in [-0.39, 0.29) is 0 Å². The molecule has 0 aliphatic heterocycles. The predicted octanol–water partition coefficient (Wildman–Crippen LogP) is 1.90. The minimum absolute atomic E-state index is 0.424. The third-order valence-electron chi connectivity index (χ3n) is 3.76. The molecule has 0 aromatic carbocycles. The number of carbonyl (C=O) groups excluding carboxylic acids is 1. The Bertz CT molecular complexity index is 428. The number of hydrogen-bond acceptors (Lipinski definition) is 4. The maximum atomic E-state index is 11.1. The molecule has 0 atom stereocenters. The summed E-state index contributed by atoms with van der Waals surface area (Å²) >= 11 is 0.